The Kier molecular flexibility index (Phi) is 3.98. The van der Waals surface area contributed by atoms with Crippen LogP contribution in [0, 0.1) is 16.7 Å². The van der Waals surface area contributed by atoms with Crippen molar-refractivity contribution in [2.24, 2.45) is 5.41 Å². The van der Waals surface area contributed by atoms with E-state index in [4.69, 9.17) is 0 Å². The third-order valence-corrected chi connectivity index (χ3v) is 6.29. The molecule has 6 heteroatoms. The minimum atomic E-state index is -0.552. The van der Waals surface area contributed by atoms with Crippen LogP contribution in [0.1, 0.15) is 61.5 Å². The molecule has 0 aromatic carbocycles. The molecule has 2 aliphatic carbocycles. The highest BCUT2D eigenvalue weighted by Gasteiger charge is 2.46. The molecular formula is C20H24N4O2. The van der Waals surface area contributed by atoms with E-state index in [9.17, 15) is 14.9 Å². The Bertz CT molecular complexity index is 762. The molecule has 0 radical (unpaired) electrons. The monoisotopic (exact) mass is 352 g/mol. The van der Waals surface area contributed by atoms with E-state index in [0.717, 1.165) is 44.5 Å². The number of amides is 2. The number of pyridine rings is 1. The molecule has 2 heterocycles. The number of likely N-dealkylation sites (tertiary alicyclic amines) is 1. The highest BCUT2D eigenvalue weighted by Crippen LogP contribution is 2.53. The molecule has 3 fully saturated rings. The van der Waals surface area contributed by atoms with Gasteiger partial charge in [0.1, 0.15) is 6.04 Å². The van der Waals surface area contributed by atoms with Gasteiger partial charge < -0.3 is 10.2 Å². The standard InChI is InChI=1S/C20H24N4O2/c1-14(18(26)24-10-8-19(4-5-19)9-11-24)23-17(25)15-2-3-16(22-12-15)20(13-21)6-7-20/h2-3,12,14H,4-11H2,1H3,(H,23,25)/t14-/m1/s1. The van der Waals surface area contributed by atoms with Crippen LogP contribution in [0.4, 0.5) is 0 Å². The van der Waals surface area contributed by atoms with E-state index in [2.05, 4.69) is 16.4 Å². The molecular weight excluding hydrogens is 328 g/mol. The Morgan fingerprint density at radius 2 is 1.88 bits per heavy atom. The molecule has 1 aliphatic heterocycles. The van der Waals surface area contributed by atoms with Gasteiger partial charge in [-0.1, -0.05) is 0 Å². The highest BCUT2D eigenvalue weighted by atomic mass is 16.2. The number of hydrogen-bond acceptors (Lipinski definition) is 4. The number of nitrogens with one attached hydrogen (secondary N) is 1. The predicted octanol–water partition coefficient (Wildman–Crippen LogP) is 2.16. The number of hydrogen-bond donors (Lipinski definition) is 1. The average Bonchev–Trinajstić information content (AvgIpc) is 3.59. The van der Waals surface area contributed by atoms with Crippen LogP contribution in [0.2, 0.25) is 0 Å². The first-order chi connectivity index (χ1) is 12.5. The zero-order valence-corrected chi connectivity index (χ0v) is 15.1. The van der Waals surface area contributed by atoms with Gasteiger partial charge in [0.25, 0.3) is 5.91 Å². The van der Waals surface area contributed by atoms with Crippen molar-refractivity contribution < 1.29 is 9.59 Å². The summed E-state index contributed by atoms with van der Waals surface area (Å²) in [6.45, 7) is 3.33. The molecule has 1 aromatic heterocycles. The number of carbonyl (C=O) groups excluding carboxylic acids is 2. The first-order valence-corrected chi connectivity index (χ1v) is 9.45. The molecule has 1 N–H and O–H groups in total. The first kappa shape index (κ1) is 17.0. The fraction of sp³-hybridized carbons (Fsp3) is 0.600. The van der Waals surface area contributed by atoms with Crippen molar-refractivity contribution in [3.8, 4) is 6.07 Å². The highest BCUT2D eigenvalue weighted by molar-refractivity contribution is 5.97. The van der Waals surface area contributed by atoms with E-state index in [0.29, 0.717) is 11.0 Å². The molecule has 1 saturated heterocycles. The maximum absolute atomic E-state index is 12.6. The fourth-order valence-electron chi connectivity index (χ4n) is 3.86. The summed E-state index contributed by atoms with van der Waals surface area (Å²) in [5.74, 6) is -0.317. The van der Waals surface area contributed by atoms with E-state index in [-0.39, 0.29) is 11.8 Å². The van der Waals surface area contributed by atoms with Gasteiger partial charge in [0.15, 0.2) is 0 Å². The molecule has 2 saturated carbocycles. The average molecular weight is 352 g/mol. The van der Waals surface area contributed by atoms with Gasteiger partial charge in [-0.05, 0) is 63.0 Å². The molecule has 4 rings (SSSR count). The van der Waals surface area contributed by atoms with Crippen LogP contribution < -0.4 is 5.32 Å². The molecule has 6 nitrogen and oxygen atoms in total. The van der Waals surface area contributed by atoms with Crippen molar-refractivity contribution in [2.75, 3.05) is 13.1 Å². The third-order valence-electron chi connectivity index (χ3n) is 6.29. The van der Waals surface area contributed by atoms with Gasteiger partial charge in [0.2, 0.25) is 5.91 Å². The summed E-state index contributed by atoms with van der Waals surface area (Å²) in [7, 11) is 0. The van der Waals surface area contributed by atoms with Gasteiger partial charge in [-0.3, -0.25) is 14.6 Å². The van der Waals surface area contributed by atoms with Crippen molar-refractivity contribution in [1.29, 1.82) is 5.26 Å². The predicted molar refractivity (Wildman–Crippen MR) is 95.2 cm³/mol. The summed E-state index contributed by atoms with van der Waals surface area (Å²) in [6, 6.07) is 5.18. The fourth-order valence-corrected chi connectivity index (χ4v) is 3.86. The van der Waals surface area contributed by atoms with Crippen molar-refractivity contribution in [3.63, 3.8) is 0 Å². The van der Waals surface area contributed by atoms with Gasteiger partial charge in [0.05, 0.1) is 22.7 Å². The van der Waals surface area contributed by atoms with Crippen LogP contribution in [0.5, 0.6) is 0 Å². The van der Waals surface area contributed by atoms with Crippen molar-refractivity contribution in [1.82, 2.24) is 15.2 Å². The lowest BCUT2D eigenvalue weighted by atomic mass is 9.93. The van der Waals surface area contributed by atoms with Crippen molar-refractivity contribution in [2.45, 2.75) is 56.9 Å². The van der Waals surface area contributed by atoms with E-state index in [1.165, 1.54) is 19.0 Å². The van der Waals surface area contributed by atoms with Gasteiger partial charge >= 0.3 is 0 Å². The first-order valence-electron chi connectivity index (χ1n) is 9.45. The number of nitrogens with zero attached hydrogens (tertiary/aromatic N) is 3. The summed E-state index contributed by atoms with van der Waals surface area (Å²) < 4.78 is 0. The Hall–Kier alpha value is -2.42. The molecule has 3 aliphatic rings. The van der Waals surface area contributed by atoms with Gasteiger partial charge in [-0.2, -0.15) is 5.26 Å². The Morgan fingerprint density at radius 3 is 2.38 bits per heavy atom. The lowest BCUT2D eigenvalue weighted by Gasteiger charge is -2.33. The smallest absolute Gasteiger partial charge is 0.253 e. The second-order valence-electron chi connectivity index (χ2n) is 8.15. The zero-order chi connectivity index (χ0) is 18.4. The minimum absolute atomic E-state index is 0.0140. The molecule has 1 aromatic rings. The SMILES string of the molecule is C[C@@H](NC(=O)c1ccc(C2(C#N)CC2)nc1)C(=O)N1CCC2(CC1)CC2. The Balaban J connectivity index is 1.33. The summed E-state index contributed by atoms with van der Waals surface area (Å²) in [4.78, 5) is 31.2. The lowest BCUT2D eigenvalue weighted by molar-refractivity contribution is -0.134. The Labute approximate surface area is 153 Å². The van der Waals surface area contributed by atoms with Crippen LogP contribution in [0.3, 0.4) is 0 Å². The van der Waals surface area contributed by atoms with Crippen LogP contribution in [0.25, 0.3) is 0 Å². The number of aromatic nitrogens is 1. The molecule has 0 bridgehead atoms. The Morgan fingerprint density at radius 1 is 1.19 bits per heavy atom. The van der Waals surface area contributed by atoms with Crippen LogP contribution in [0.15, 0.2) is 18.3 Å². The summed E-state index contributed by atoms with van der Waals surface area (Å²) >= 11 is 0. The van der Waals surface area contributed by atoms with Gasteiger partial charge in [0, 0.05) is 19.3 Å². The van der Waals surface area contributed by atoms with Gasteiger partial charge in [-0.15, -0.1) is 0 Å². The number of piperidine rings is 1. The molecule has 1 atom stereocenters. The third kappa shape index (κ3) is 3.07. The number of rotatable bonds is 4. The summed E-state index contributed by atoms with van der Waals surface area (Å²) in [5, 5.41) is 12.0. The molecule has 1 spiro atoms. The van der Waals surface area contributed by atoms with E-state index in [1.807, 2.05) is 4.90 Å². The summed E-state index contributed by atoms with van der Waals surface area (Å²) in [6.07, 6.45) is 7.93. The van der Waals surface area contributed by atoms with Crippen LogP contribution >= 0.6 is 0 Å². The van der Waals surface area contributed by atoms with E-state index in [1.54, 1.807) is 19.1 Å². The molecule has 2 amide bonds. The van der Waals surface area contributed by atoms with E-state index >= 15 is 0 Å². The molecule has 136 valence electrons. The second-order valence-corrected chi connectivity index (χ2v) is 8.15. The second kappa shape index (κ2) is 6.08. The lowest BCUT2D eigenvalue weighted by Crippen LogP contribution is -2.49. The molecule has 26 heavy (non-hydrogen) atoms. The maximum atomic E-state index is 12.6. The normalized spacial score (nSPS) is 23.0. The van der Waals surface area contributed by atoms with E-state index < -0.39 is 11.5 Å². The molecule has 0 unspecified atom stereocenters. The van der Waals surface area contributed by atoms with Crippen LogP contribution in [-0.4, -0.2) is 40.8 Å². The zero-order valence-electron chi connectivity index (χ0n) is 15.1. The van der Waals surface area contributed by atoms with Gasteiger partial charge in [-0.25, -0.2) is 0 Å². The quantitative estimate of drug-likeness (QED) is 0.900. The van der Waals surface area contributed by atoms with Crippen LogP contribution in [-0.2, 0) is 10.2 Å². The number of nitriles is 1. The largest absolute Gasteiger partial charge is 0.341 e. The van der Waals surface area contributed by atoms with Crippen molar-refractivity contribution in [3.05, 3.63) is 29.6 Å². The summed E-state index contributed by atoms with van der Waals surface area (Å²) in [5.41, 5.74) is 1.21. The number of carbonyl (C=O) groups is 2. The topological polar surface area (TPSA) is 86.1 Å². The minimum Gasteiger partial charge on any atom is -0.341 e. The maximum Gasteiger partial charge on any atom is 0.253 e. The van der Waals surface area contributed by atoms with Crippen molar-refractivity contribution >= 4 is 11.8 Å².